The Morgan fingerprint density at radius 1 is 0.521 bits per heavy atom. The van der Waals surface area contributed by atoms with Crippen molar-refractivity contribution in [3.05, 3.63) is 121 Å². The zero-order valence-corrected chi connectivity index (χ0v) is 27.3. The van der Waals surface area contributed by atoms with Crippen LogP contribution in [0, 0.1) is 11.8 Å². The van der Waals surface area contributed by atoms with Gasteiger partial charge < -0.3 is 19.8 Å². The summed E-state index contributed by atoms with van der Waals surface area (Å²) in [7, 11) is 0. The molecule has 0 radical (unpaired) electrons. The van der Waals surface area contributed by atoms with E-state index in [0.29, 0.717) is 35.6 Å². The minimum absolute atomic E-state index is 0.261. The Kier molecular flexibility index (Phi) is 15.2. The van der Waals surface area contributed by atoms with E-state index in [1.165, 1.54) is 10.0 Å². The van der Waals surface area contributed by atoms with Gasteiger partial charge in [0.1, 0.15) is 0 Å². The minimum Gasteiger partial charge on any atom is -0.549 e. The highest BCUT2D eigenvalue weighted by Gasteiger charge is 2.28. The van der Waals surface area contributed by atoms with Crippen molar-refractivity contribution in [3.63, 3.8) is 0 Å². The number of para-hydroxylation sites is 4. The average Bonchev–Trinajstić information content (AvgIpc) is 3.11. The first-order valence-corrected chi connectivity index (χ1v) is 16.1. The molecule has 0 aliphatic heterocycles. The van der Waals surface area contributed by atoms with Crippen LogP contribution in [0.3, 0.4) is 0 Å². The molecular weight excluding hydrogens is 608 g/mol. The van der Waals surface area contributed by atoms with Gasteiger partial charge in [-0.15, -0.1) is 0 Å². The molecule has 2 amide bonds. The van der Waals surface area contributed by atoms with E-state index in [9.17, 15) is 29.4 Å². The van der Waals surface area contributed by atoms with Gasteiger partial charge in [-0.05, 0) is 61.4 Å². The molecule has 4 aromatic rings. The van der Waals surface area contributed by atoms with Crippen LogP contribution in [-0.2, 0) is 19.2 Å². The van der Waals surface area contributed by atoms with Gasteiger partial charge in [0, 0.05) is 0 Å². The second kappa shape index (κ2) is 19.8. The van der Waals surface area contributed by atoms with Crippen molar-refractivity contribution in [2.24, 2.45) is 11.8 Å². The van der Waals surface area contributed by atoms with E-state index in [4.69, 9.17) is 0 Å². The van der Waals surface area contributed by atoms with Gasteiger partial charge in [0.2, 0.25) is 0 Å². The molecule has 0 saturated heterocycles. The van der Waals surface area contributed by atoms with E-state index in [1.54, 1.807) is 48.5 Å². The molecule has 2 unspecified atom stereocenters. The number of hydrogen-bond acceptors (Lipinski definition) is 8. The first-order valence-electron chi connectivity index (χ1n) is 16.1. The van der Waals surface area contributed by atoms with Crippen molar-refractivity contribution in [1.29, 1.82) is 0 Å². The van der Waals surface area contributed by atoms with Gasteiger partial charge in [-0.3, -0.25) is 20.4 Å². The fourth-order valence-corrected chi connectivity index (χ4v) is 4.74. The van der Waals surface area contributed by atoms with Crippen LogP contribution < -0.4 is 31.1 Å². The second-order valence-corrected chi connectivity index (χ2v) is 11.0. The number of carboxylic acids is 2. The molecule has 0 heterocycles. The predicted molar refractivity (Wildman–Crippen MR) is 184 cm³/mol. The average molecular weight is 651 g/mol. The molecule has 0 aromatic heterocycles. The topological polar surface area (TPSA) is 145 Å². The van der Waals surface area contributed by atoms with Crippen LogP contribution in [0.25, 0.3) is 0 Å². The Hall–Kier alpha value is -5.64. The number of rotatable bonds is 16. The number of amides is 2. The Morgan fingerprint density at radius 3 is 1.08 bits per heavy atom. The highest BCUT2D eigenvalue weighted by molar-refractivity contribution is 6.07. The van der Waals surface area contributed by atoms with Crippen LogP contribution in [0.5, 0.6) is 0 Å². The van der Waals surface area contributed by atoms with E-state index < -0.39 is 35.6 Å². The van der Waals surface area contributed by atoms with Gasteiger partial charge in [0.15, 0.2) is 0 Å². The summed E-state index contributed by atoms with van der Waals surface area (Å²) < 4.78 is 0. The molecule has 0 spiro atoms. The summed E-state index contributed by atoms with van der Waals surface area (Å²) in [4.78, 5) is 48.6. The minimum atomic E-state index is -1.34. The number of aliphatic carboxylic acids is 2. The largest absolute Gasteiger partial charge is 0.549 e. The van der Waals surface area contributed by atoms with E-state index in [0.717, 1.165) is 12.8 Å². The Balaban J connectivity index is 0.000000260. The molecule has 0 aliphatic carbocycles. The lowest BCUT2D eigenvalue weighted by Crippen LogP contribution is -2.47. The monoisotopic (exact) mass is 650 g/mol. The number of nitrogens with zero attached hydrogens (tertiary/aromatic N) is 2. The van der Waals surface area contributed by atoms with E-state index in [-0.39, 0.29) is 12.8 Å². The summed E-state index contributed by atoms with van der Waals surface area (Å²) in [6.45, 7) is 3.90. The molecular formula is C38H42N4O6-2. The molecule has 2 N–H and O–H groups in total. The maximum Gasteiger partial charge on any atom is 0.254 e. The molecule has 4 rings (SSSR count). The van der Waals surface area contributed by atoms with Crippen molar-refractivity contribution in [2.45, 2.75) is 52.4 Å². The summed E-state index contributed by atoms with van der Waals surface area (Å²) >= 11 is 0. The third-order valence-corrected chi connectivity index (χ3v) is 7.36. The predicted octanol–water partition coefficient (Wildman–Crippen LogP) is 5.21. The number of benzene rings is 4. The number of carbonyl (C=O) groups excluding carboxylic acids is 4. The van der Waals surface area contributed by atoms with Crippen LogP contribution >= 0.6 is 0 Å². The summed E-state index contributed by atoms with van der Waals surface area (Å²) in [6.07, 6.45) is 3.45. The van der Waals surface area contributed by atoms with Crippen molar-refractivity contribution >= 4 is 46.5 Å². The number of carbonyl (C=O) groups is 4. The Bertz CT molecular complexity index is 1440. The second-order valence-electron chi connectivity index (χ2n) is 11.0. The molecule has 0 aliphatic rings. The highest BCUT2D eigenvalue weighted by Crippen LogP contribution is 2.22. The highest BCUT2D eigenvalue weighted by atomic mass is 16.4. The fourth-order valence-electron chi connectivity index (χ4n) is 4.74. The van der Waals surface area contributed by atoms with Gasteiger partial charge in [0.25, 0.3) is 11.8 Å². The van der Waals surface area contributed by atoms with Crippen molar-refractivity contribution in [3.8, 4) is 0 Å². The van der Waals surface area contributed by atoms with Crippen LogP contribution in [0.15, 0.2) is 121 Å². The molecule has 48 heavy (non-hydrogen) atoms. The molecule has 252 valence electrons. The molecule has 10 heteroatoms. The van der Waals surface area contributed by atoms with Gasteiger partial charge in [0.05, 0.1) is 46.5 Å². The smallest absolute Gasteiger partial charge is 0.254 e. The third-order valence-electron chi connectivity index (χ3n) is 7.36. The molecule has 0 fully saturated rings. The van der Waals surface area contributed by atoms with Crippen LogP contribution in [0.4, 0.5) is 22.7 Å². The SMILES string of the molecule is CCCCC(C(=O)[O-])C(=O)N(Nc1ccccc1)c1ccccc1.CCCCC(C(=O)[O-])C(=O)N(Nc1ccccc1)c1ccccc1. The Morgan fingerprint density at radius 2 is 0.812 bits per heavy atom. The van der Waals surface area contributed by atoms with E-state index >= 15 is 0 Å². The summed E-state index contributed by atoms with van der Waals surface area (Å²) in [5.41, 5.74) is 8.55. The quantitative estimate of drug-likeness (QED) is 0.124. The first-order chi connectivity index (χ1) is 23.3. The van der Waals surface area contributed by atoms with E-state index in [1.807, 2.05) is 86.6 Å². The number of unbranched alkanes of at least 4 members (excludes halogenated alkanes) is 2. The van der Waals surface area contributed by atoms with Crippen LogP contribution in [-0.4, -0.2) is 23.8 Å². The molecule has 2 atom stereocenters. The maximum atomic E-state index is 12.8. The summed E-state index contributed by atoms with van der Waals surface area (Å²) in [5, 5.41) is 25.5. The lowest BCUT2D eigenvalue weighted by Gasteiger charge is -2.29. The lowest BCUT2D eigenvalue weighted by atomic mass is 10.0. The Labute approximate surface area is 282 Å². The number of hydrogen-bond donors (Lipinski definition) is 2. The molecule has 0 bridgehead atoms. The summed E-state index contributed by atoms with van der Waals surface area (Å²) in [5.74, 6) is -6.10. The maximum absolute atomic E-state index is 12.8. The van der Waals surface area contributed by atoms with Crippen molar-refractivity contribution in [2.75, 3.05) is 20.9 Å². The summed E-state index contributed by atoms with van der Waals surface area (Å²) in [6, 6.07) is 36.2. The van der Waals surface area contributed by atoms with Crippen molar-refractivity contribution < 1.29 is 29.4 Å². The molecule has 4 aromatic carbocycles. The van der Waals surface area contributed by atoms with Gasteiger partial charge >= 0.3 is 0 Å². The van der Waals surface area contributed by atoms with Crippen molar-refractivity contribution in [1.82, 2.24) is 0 Å². The van der Waals surface area contributed by atoms with Crippen LogP contribution in [0.1, 0.15) is 52.4 Å². The molecule has 10 nitrogen and oxygen atoms in total. The van der Waals surface area contributed by atoms with Gasteiger partial charge in [-0.2, -0.15) is 0 Å². The zero-order chi connectivity index (χ0) is 34.7. The number of nitrogens with one attached hydrogen (secondary N) is 2. The number of carboxylic acid groups (broad SMARTS) is 2. The van der Waals surface area contributed by atoms with Gasteiger partial charge in [-0.25, -0.2) is 10.0 Å². The van der Waals surface area contributed by atoms with Gasteiger partial charge in [-0.1, -0.05) is 112 Å². The number of anilines is 4. The van der Waals surface area contributed by atoms with Crippen LogP contribution in [0.2, 0.25) is 0 Å². The number of hydrazine groups is 2. The lowest BCUT2D eigenvalue weighted by molar-refractivity contribution is -0.311. The van der Waals surface area contributed by atoms with E-state index in [2.05, 4.69) is 10.9 Å². The normalized spacial score (nSPS) is 11.5. The standard InChI is InChI=1S/2C19H22N2O3/c2*1-2-3-14-17(19(23)24)18(22)21(16-12-8-5-9-13-16)20-15-10-6-4-7-11-15/h2*4-13,17,20H,2-3,14H2,1H3,(H,23,24)/p-2. The fraction of sp³-hybridized carbons (Fsp3) is 0.263. The first kappa shape index (κ1) is 36.8. The third kappa shape index (κ3) is 11.3. The molecule has 0 saturated carbocycles. The zero-order valence-electron chi connectivity index (χ0n) is 27.3.